The van der Waals surface area contributed by atoms with Crippen molar-refractivity contribution in [1.29, 1.82) is 0 Å². The van der Waals surface area contributed by atoms with Crippen molar-refractivity contribution in [3.05, 3.63) is 40.5 Å². The monoisotopic (exact) mass is 415 g/mol. The summed E-state index contributed by atoms with van der Waals surface area (Å²) in [6.45, 7) is 11.2. The van der Waals surface area contributed by atoms with E-state index in [-0.39, 0.29) is 11.7 Å². The molecule has 6 nitrogen and oxygen atoms in total. The number of nitrogens with one attached hydrogen (secondary N) is 1. The van der Waals surface area contributed by atoms with Crippen LogP contribution in [0.2, 0.25) is 0 Å². The van der Waals surface area contributed by atoms with Gasteiger partial charge < -0.3 is 9.88 Å². The number of hydrogen-bond acceptors (Lipinski definition) is 6. The van der Waals surface area contributed by atoms with Crippen LogP contribution < -0.4 is 5.32 Å². The van der Waals surface area contributed by atoms with Crippen LogP contribution in [0, 0.1) is 13.8 Å². The number of carbonyl (C=O) groups excluding carboxylic acids is 1. The van der Waals surface area contributed by atoms with Crippen LogP contribution in [0.25, 0.3) is 11.3 Å². The SMILES string of the molecule is CCn1c(SCC(=O)Nc2nc(-c3ccc(C)c(C)c3)cs2)nnc1C(C)C. The normalized spacial score (nSPS) is 11.2. The van der Waals surface area contributed by atoms with Crippen molar-refractivity contribution >= 4 is 34.1 Å². The third-order valence-electron chi connectivity index (χ3n) is 4.46. The number of rotatable bonds is 7. The number of aryl methyl sites for hydroxylation is 2. The van der Waals surface area contributed by atoms with Gasteiger partial charge in [0.05, 0.1) is 11.4 Å². The van der Waals surface area contributed by atoms with E-state index >= 15 is 0 Å². The molecule has 0 aliphatic rings. The standard InChI is InChI=1S/C20H25N5OS2/c1-6-25-18(12(2)3)23-24-20(25)28-11-17(26)22-19-21-16(10-27-19)15-8-7-13(4)14(5)9-15/h7-10,12H,6,11H2,1-5H3,(H,21,22,26). The fourth-order valence-electron chi connectivity index (χ4n) is 2.78. The van der Waals surface area contributed by atoms with Crippen LogP contribution in [0.1, 0.15) is 43.6 Å². The fourth-order valence-corrected chi connectivity index (χ4v) is 4.33. The molecule has 8 heteroatoms. The van der Waals surface area contributed by atoms with Crippen molar-refractivity contribution < 1.29 is 4.79 Å². The van der Waals surface area contributed by atoms with Crippen LogP contribution in [0.15, 0.2) is 28.7 Å². The summed E-state index contributed by atoms with van der Waals surface area (Å²) in [5.41, 5.74) is 4.42. The first-order valence-corrected chi connectivity index (χ1v) is 11.1. The first-order chi connectivity index (χ1) is 13.4. The second kappa shape index (κ2) is 8.87. The summed E-state index contributed by atoms with van der Waals surface area (Å²) in [7, 11) is 0. The Morgan fingerprint density at radius 2 is 2.04 bits per heavy atom. The highest BCUT2D eigenvalue weighted by Crippen LogP contribution is 2.27. The Balaban J connectivity index is 1.62. The van der Waals surface area contributed by atoms with Crippen LogP contribution in [-0.4, -0.2) is 31.4 Å². The Labute approximate surface area is 173 Å². The topological polar surface area (TPSA) is 72.7 Å². The Morgan fingerprint density at radius 1 is 1.25 bits per heavy atom. The molecule has 1 aromatic carbocycles. The summed E-state index contributed by atoms with van der Waals surface area (Å²) < 4.78 is 2.06. The van der Waals surface area contributed by atoms with E-state index < -0.39 is 0 Å². The Morgan fingerprint density at radius 3 is 2.71 bits per heavy atom. The predicted octanol–water partition coefficient (Wildman–Crippen LogP) is 4.89. The predicted molar refractivity (Wildman–Crippen MR) is 116 cm³/mol. The molecule has 3 aromatic rings. The van der Waals surface area contributed by atoms with E-state index in [4.69, 9.17) is 0 Å². The highest BCUT2D eigenvalue weighted by molar-refractivity contribution is 7.99. The molecule has 0 aliphatic heterocycles. The zero-order valence-electron chi connectivity index (χ0n) is 16.8. The minimum atomic E-state index is -0.0947. The molecule has 2 aromatic heterocycles. The molecule has 0 unspecified atom stereocenters. The average Bonchev–Trinajstić information content (AvgIpc) is 3.28. The lowest BCUT2D eigenvalue weighted by Gasteiger charge is -2.08. The summed E-state index contributed by atoms with van der Waals surface area (Å²) in [5.74, 6) is 1.43. The Bertz CT molecular complexity index is 977. The molecular weight excluding hydrogens is 390 g/mol. The molecule has 0 fully saturated rings. The van der Waals surface area contributed by atoms with Gasteiger partial charge in [-0.25, -0.2) is 4.98 Å². The zero-order valence-corrected chi connectivity index (χ0v) is 18.4. The second-order valence-electron chi connectivity index (χ2n) is 6.91. The van der Waals surface area contributed by atoms with E-state index in [1.54, 1.807) is 0 Å². The molecule has 3 rings (SSSR count). The maximum atomic E-state index is 12.3. The van der Waals surface area contributed by atoms with Gasteiger partial charge in [-0.1, -0.05) is 37.7 Å². The van der Waals surface area contributed by atoms with E-state index in [1.165, 1.54) is 34.2 Å². The van der Waals surface area contributed by atoms with Gasteiger partial charge in [-0.15, -0.1) is 21.5 Å². The van der Waals surface area contributed by atoms with Crippen molar-refractivity contribution in [2.24, 2.45) is 0 Å². The van der Waals surface area contributed by atoms with Crippen LogP contribution in [-0.2, 0) is 11.3 Å². The first-order valence-electron chi connectivity index (χ1n) is 9.28. The number of anilines is 1. The van der Waals surface area contributed by atoms with Crippen molar-refractivity contribution in [2.75, 3.05) is 11.1 Å². The number of aromatic nitrogens is 4. The van der Waals surface area contributed by atoms with E-state index in [9.17, 15) is 4.79 Å². The second-order valence-corrected chi connectivity index (χ2v) is 8.71. The van der Waals surface area contributed by atoms with Crippen molar-refractivity contribution in [1.82, 2.24) is 19.7 Å². The minimum Gasteiger partial charge on any atom is -0.306 e. The number of carbonyl (C=O) groups is 1. The molecule has 0 spiro atoms. The minimum absolute atomic E-state index is 0.0947. The number of amides is 1. The summed E-state index contributed by atoms with van der Waals surface area (Å²) in [6, 6.07) is 6.27. The third kappa shape index (κ3) is 4.62. The fraction of sp³-hybridized carbons (Fsp3) is 0.400. The van der Waals surface area contributed by atoms with Crippen molar-refractivity contribution in [2.45, 2.75) is 52.2 Å². The lowest BCUT2D eigenvalue weighted by molar-refractivity contribution is -0.113. The van der Waals surface area contributed by atoms with Gasteiger partial charge in [-0.05, 0) is 38.0 Å². The smallest absolute Gasteiger partial charge is 0.236 e. The molecule has 148 valence electrons. The van der Waals surface area contributed by atoms with Crippen LogP contribution in [0.4, 0.5) is 5.13 Å². The third-order valence-corrected chi connectivity index (χ3v) is 6.19. The van der Waals surface area contributed by atoms with Gasteiger partial charge in [0.25, 0.3) is 0 Å². The highest BCUT2D eigenvalue weighted by atomic mass is 32.2. The molecule has 0 atom stereocenters. The largest absolute Gasteiger partial charge is 0.306 e. The maximum absolute atomic E-state index is 12.3. The first kappa shape index (κ1) is 20.5. The van der Waals surface area contributed by atoms with Crippen molar-refractivity contribution in [3.8, 4) is 11.3 Å². The van der Waals surface area contributed by atoms with Gasteiger partial charge in [-0.3, -0.25) is 4.79 Å². The molecular formula is C20H25N5OS2. The van der Waals surface area contributed by atoms with Crippen molar-refractivity contribution in [3.63, 3.8) is 0 Å². The van der Waals surface area contributed by atoms with Gasteiger partial charge in [0.1, 0.15) is 5.82 Å². The molecule has 0 radical (unpaired) electrons. The summed E-state index contributed by atoms with van der Waals surface area (Å²) in [4.78, 5) is 16.9. The van der Waals surface area contributed by atoms with E-state index in [2.05, 4.69) is 77.9 Å². The lowest BCUT2D eigenvalue weighted by Crippen LogP contribution is -2.14. The Kier molecular flexibility index (Phi) is 6.51. The zero-order chi connectivity index (χ0) is 20.3. The van der Waals surface area contributed by atoms with Gasteiger partial charge >= 0.3 is 0 Å². The van der Waals surface area contributed by atoms with Crippen LogP contribution in [0.5, 0.6) is 0 Å². The maximum Gasteiger partial charge on any atom is 0.236 e. The van der Waals surface area contributed by atoms with Gasteiger partial charge in [0, 0.05) is 23.4 Å². The van der Waals surface area contributed by atoms with E-state index in [1.807, 2.05) is 5.38 Å². The lowest BCUT2D eigenvalue weighted by atomic mass is 10.1. The summed E-state index contributed by atoms with van der Waals surface area (Å²) in [6.07, 6.45) is 0. The summed E-state index contributed by atoms with van der Waals surface area (Å²) >= 11 is 2.83. The summed E-state index contributed by atoms with van der Waals surface area (Å²) in [5, 5.41) is 14.7. The molecule has 0 bridgehead atoms. The molecule has 2 heterocycles. The number of thioether (sulfide) groups is 1. The number of hydrogen-bond donors (Lipinski definition) is 1. The van der Waals surface area contributed by atoms with Gasteiger partial charge in [-0.2, -0.15) is 0 Å². The van der Waals surface area contributed by atoms with Crippen LogP contribution >= 0.6 is 23.1 Å². The number of nitrogens with zero attached hydrogens (tertiary/aromatic N) is 4. The van der Waals surface area contributed by atoms with E-state index in [0.29, 0.717) is 11.0 Å². The molecule has 1 amide bonds. The molecule has 28 heavy (non-hydrogen) atoms. The molecule has 0 saturated carbocycles. The molecule has 0 saturated heterocycles. The molecule has 1 N–H and O–H groups in total. The number of benzene rings is 1. The van der Waals surface area contributed by atoms with E-state index in [0.717, 1.165) is 28.8 Å². The number of thiazole rings is 1. The van der Waals surface area contributed by atoms with Crippen LogP contribution in [0.3, 0.4) is 0 Å². The molecule has 0 aliphatic carbocycles. The van der Waals surface area contributed by atoms with Gasteiger partial charge in [0.2, 0.25) is 5.91 Å². The Hall–Kier alpha value is -2.19. The highest BCUT2D eigenvalue weighted by Gasteiger charge is 2.16. The quantitative estimate of drug-likeness (QED) is 0.556. The van der Waals surface area contributed by atoms with Gasteiger partial charge in [0.15, 0.2) is 10.3 Å². The average molecular weight is 416 g/mol.